The summed E-state index contributed by atoms with van der Waals surface area (Å²) in [6.45, 7) is 3.64. The maximum Gasteiger partial charge on any atom is 0.339 e. The van der Waals surface area contributed by atoms with Crippen molar-refractivity contribution in [2.24, 2.45) is 0 Å². The molecule has 0 bridgehead atoms. The lowest BCUT2D eigenvalue weighted by Gasteiger charge is -2.11. The van der Waals surface area contributed by atoms with Crippen molar-refractivity contribution < 1.29 is 21.7 Å². The van der Waals surface area contributed by atoms with Crippen LogP contribution in [0.15, 0.2) is 60.0 Å². The zero-order valence-electron chi connectivity index (χ0n) is 12.0. The molecule has 0 unspecified atom stereocenters. The second-order valence-corrected chi connectivity index (χ2v) is 6.02. The molecule has 22 heavy (non-hydrogen) atoms. The molecule has 0 radical (unpaired) electrons. The van der Waals surface area contributed by atoms with Crippen molar-refractivity contribution in [1.29, 1.82) is 0 Å². The average Bonchev–Trinajstić information content (AvgIpc) is 2.49. The van der Waals surface area contributed by atoms with Crippen LogP contribution in [0.4, 0.5) is 4.39 Å². The molecule has 2 aromatic rings. The summed E-state index contributed by atoms with van der Waals surface area (Å²) in [4.78, 5) is -0.133. The Balaban J connectivity index is 2.32. The van der Waals surface area contributed by atoms with Gasteiger partial charge in [0.1, 0.15) is 10.7 Å². The van der Waals surface area contributed by atoms with E-state index in [0.717, 1.165) is 29.8 Å². The van der Waals surface area contributed by atoms with Crippen molar-refractivity contribution in [3.05, 3.63) is 66.5 Å². The molecule has 0 spiro atoms. The lowest BCUT2D eigenvalue weighted by Crippen LogP contribution is -2.10. The van der Waals surface area contributed by atoms with Gasteiger partial charge in [0.25, 0.3) is 0 Å². The number of benzene rings is 2. The third-order valence-corrected chi connectivity index (χ3v) is 4.16. The molecule has 0 fully saturated rings. The van der Waals surface area contributed by atoms with Crippen LogP contribution in [0, 0.1) is 5.82 Å². The van der Waals surface area contributed by atoms with Crippen LogP contribution in [0.1, 0.15) is 5.56 Å². The van der Waals surface area contributed by atoms with Gasteiger partial charge in [-0.15, -0.1) is 6.58 Å². The van der Waals surface area contributed by atoms with E-state index >= 15 is 0 Å². The molecule has 0 atom stereocenters. The van der Waals surface area contributed by atoms with Crippen LogP contribution in [-0.2, 0) is 16.5 Å². The first kappa shape index (κ1) is 16.0. The highest BCUT2D eigenvalue weighted by Crippen LogP contribution is 2.31. The molecule has 2 aromatic carbocycles. The Bertz CT molecular complexity index is 767. The summed E-state index contributed by atoms with van der Waals surface area (Å²) in [6, 6.07) is 9.31. The zero-order valence-corrected chi connectivity index (χ0v) is 12.8. The molecule has 4 nitrogen and oxygen atoms in total. The van der Waals surface area contributed by atoms with Crippen LogP contribution in [-0.4, -0.2) is 15.5 Å². The molecule has 6 heteroatoms. The van der Waals surface area contributed by atoms with Gasteiger partial charge in [0, 0.05) is 0 Å². The Hall–Kier alpha value is -2.34. The highest BCUT2D eigenvalue weighted by molar-refractivity contribution is 7.87. The molecule has 0 aliphatic carbocycles. The fourth-order valence-electron chi connectivity index (χ4n) is 1.84. The Morgan fingerprint density at radius 1 is 1.14 bits per heavy atom. The van der Waals surface area contributed by atoms with Gasteiger partial charge < -0.3 is 8.92 Å². The Labute approximate surface area is 128 Å². The third-order valence-electron chi connectivity index (χ3n) is 2.91. The molecule has 0 aliphatic rings. The van der Waals surface area contributed by atoms with Crippen LogP contribution >= 0.6 is 0 Å². The van der Waals surface area contributed by atoms with Gasteiger partial charge in [-0.05, 0) is 48.4 Å². The topological polar surface area (TPSA) is 52.6 Å². The highest BCUT2D eigenvalue weighted by Gasteiger charge is 2.19. The van der Waals surface area contributed by atoms with Crippen molar-refractivity contribution in [3.8, 4) is 11.5 Å². The minimum atomic E-state index is -4.05. The summed E-state index contributed by atoms with van der Waals surface area (Å²) in [5.74, 6) is -0.157. The van der Waals surface area contributed by atoms with Crippen LogP contribution in [0.2, 0.25) is 0 Å². The molecule has 0 heterocycles. The summed E-state index contributed by atoms with van der Waals surface area (Å²) in [5.41, 5.74) is 0.915. The third kappa shape index (κ3) is 3.65. The van der Waals surface area contributed by atoms with E-state index in [1.807, 2.05) is 0 Å². The van der Waals surface area contributed by atoms with Crippen LogP contribution in [0.25, 0.3) is 0 Å². The molecule has 2 rings (SSSR count). The first-order chi connectivity index (χ1) is 10.5. The van der Waals surface area contributed by atoms with Crippen LogP contribution in [0.3, 0.4) is 0 Å². The van der Waals surface area contributed by atoms with E-state index in [-0.39, 0.29) is 10.6 Å². The smallest absolute Gasteiger partial charge is 0.339 e. The van der Waals surface area contributed by atoms with Gasteiger partial charge in [0.2, 0.25) is 0 Å². The first-order valence-electron chi connectivity index (χ1n) is 6.44. The van der Waals surface area contributed by atoms with Crippen molar-refractivity contribution in [3.63, 3.8) is 0 Å². The standard InChI is InChI=1S/C16H15FO4S/c1-3-4-12-5-10-15(16(11-12)20-2)21-22(18,19)14-8-6-13(17)7-9-14/h3,5-11H,1,4H2,2H3. The van der Waals surface area contributed by atoms with E-state index < -0.39 is 15.9 Å². The lowest BCUT2D eigenvalue weighted by molar-refractivity contribution is 0.390. The SMILES string of the molecule is C=CCc1ccc(OS(=O)(=O)c2ccc(F)cc2)c(OC)c1. The molecule has 0 N–H and O–H groups in total. The van der Waals surface area contributed by atoms with E-state index in [0.29, 0.717) is 12.2 Å². The summed E-state index contributed by atoms with van der Waals surface area (Å²) < 4.78 is 47.5. The zero-order chi connectivity index (χ0) is 16.2. The predicted octanol–water partition coefficient (Wildman–Crippen LogP) is 3.33. The fraction of sp³-hybridized carbons (Fsp3) is 0.125. The summed E-state index contributed by atoms with van der Waals surface area (Å²) >= 11 is 0. The Morgan fingerprint density at radius 2 is 1.82 bits per heavy atom. The fourth-order valence-corrected chi connectivity index (χ4v) is 2.78. The van der Waals surface area contributed by atoms with Gasteiger partial charge in [0.05, 0.1) is 7.11 Å². The Kier molecular flexibility index (Phi) is 4.82. The largest absolute Gasteiger partial charge is 0.493 e. The lowest BCUT2D eigenvalue weighted by atomic mass is 10.1. The van der Waals surface area contributed by atoms with Gasteiger partial charge in [-0.25, -0.2) is 4.39 Å². The van der Waals surface area contributed by atoms with Gasteiger partial charge in [0.15, 0.2) is 11.5 Å². The van der Waals surface area contributed by atoms with E-state index in [9.17, 15) is 12.8 Å². The number of halogens is 1. The highest BCUT2D eigenvalue weighted by atomic mass is 32.2. The molecule has 0 aromatic heterocycles. The van der Waals surface area contributed by atoms with Crippen LogP contribution in [0.5, 0.6) is 11.5 Å². The molecule has 0 saturated heterocycles. The van der Waals surface area contributed by atoms with Gasteiger partial charge in [-0.2, -0.15) is 8.42 Å². The quantitative estimate of drug-likeness (QED) is 0.605. The molecule has 0 amide bonds. The molecule has 0 saturated carbocycles. The number of hydrogen-bond donors (Lipinski definition) is 0. The molecule has 116 valence electrons. The Morgan fingerprint density at radius 3 is 2.41 bits per heavy atom. The molecule has 0 aliphatic heterocycles. The first-order valence-corrected chi connectivity index (χ1v) is 7.85. The maximum absolute atomic E-state index is 12.9. The molecular weight excluding hydrogens is 307 g/mol. The van der Waals surface area contributed by atoms with Crippen molar-refractivity contribution >= 4 is 10.1 Å². The average molecular weight is 322 g/mol. The second kappa shape index (κ2) is 6.62. The molecular formula is C16H15FO4S. The van der Waals surface area contributed by atoms with Crippen molar-refractivity contribution in [1.82, 2.24) is 0 Å². The summed E-state index contributed by atoms with van der Waals surface area (Å²) in [6.07, 6.45) is 2.35. The number of rotatable bonds is 6. The number of methoxy groups -OCH3 is 1. The summed E-state index contributed by atoms with van der Waals surface area (Å²) in [5, 5.41) is 0. The number of hydrogen-bond acceptors (Lipinski definition) is 4. The number of ether oxygens (including phenoxy) is 1. The van der Waals surface area contributed by atoms with Gasteiger partial charge in [-0.1, -0.05) is 12.1 Å². The van der Waals surface area contributed by atoms with Crippen LogP contribution < -0.4 is 8.92 Å². The van der Waals surface area contributed by atoms with Gasteiger partial charge >= 0.3 is 10.1 Å². The normalized spacial score (nSPS) is 11.0. The minimum absolute atomic E-state index is 0.0691. The second-order valence-electron chi connectivity index (χ2n) is 4.47. The van der Waals surface area contributed by atoms with E-state index in [1.165, 1.54) is 13.2 Å². The van der Waals surface area contributed by atoms with E-state index in [2.05, 4.69) is 6.58 Å². The van der Waals surface area contributed by atoms with E-state index in [4.69, 9.17) is 8.92 Å². The minimum Gasteiger partial charge on any atom is -0.493 e. The van der Waals surface area contributed by atoms with E-state index in [1.54, 1.807) is 18.2 Å². The predicted molar refractivity (Wildman–Crippen MR) is 81.1 cm³/mol. The number of allylic oxidation sites excluding steroid dienone is 1. The summed E-state index contributed by atoms with van der Waals surface area (Å²) in [7, 11) is -2.63. The monoisotopic (exact) mass is 322 g/mol. The maximum atomic E-state index is 12.9. The van der Waals surface area contributed by atoms with Crippen molar-refractivity contribution in [2.45, 2.75) is 11.3 Å². The van der Waals surface area contributed by atoms with Gasteiger partial charge in [-0.3, -0.25) is 0 Å². The van der Waals surface area contributed by atoms with Crippen molar-refractivity contribution in [2.75, 3.05) is 7.11 Å².